The Kier molecular flexibility index (Phi) is 5.04. The van der Waals surface area contributed by atoms with Crippen LogP contribution in [0.3, 0.4) is 0 Å². The van der Waals surface area contributed by atoms with E-state index in [-0.39, 0.29) is 11.0 Å². The minimum absolute atomic E-state index is 0.0938. The highest BCUT2D eigenvalue weighted by Crippen LogP contribution is 2.23. The van der Waals surface area contributed by atoms with Crippen LogP contribution in [0.1, 0.15) is 12.8 Å². The lowest BCUT2D eigenvalue weighted by Crippen LogP contribution is -2.44. The third-order valence-corrected chi connectivity index (χ3v) is 3.84. The highest BCUT2D eigenvalue weighted by Gasteiger charge is 2.27. The molecule has 0 amide bonds. The predicted octanol–water partition coefficient (Wildman–Crippen LogP) is -0.630. The summed E-state index contributed by atoms with van der Waals surface area (Å²) < 4.78 is 0. The van der Waals surface area contributed by atoms with Gasteiger partial charge in [-0.15, -0.1) is 0 Å². The first-order valence-electron chi connectivity index (χ1n) is 4.99. The van der Waals surface area contributed by atoms with Crippen LogP contribution < -0.4 is 5.32 Å². The Bertz CT molecular complexity index is 273. The fourth-order valence-electron chi connectivity index (χ4n) is 1.52. The van der Waals surface area contributed by atoms with E-state index in [1.54, 1.807) is 0 Å². The maximum Gasteiger partial charge on any atom is 0.333 e. The van der Waals surface area contributed by atoms with Crippen LogP contribution >= 0.6 is 11.8 Å². The van der Waals surface area contributed by atoms with Gasteiger partial charge in [0.15, 0.2) is 6.10 Å². The molecule has 1 aliphatic heterocycles. The fraction of sp³-hybridized carbons (Fsp3) is 0.778. The SMILES string of the molecule is O=C(O)C(O)CSC1CCNC(C(=O)O)C1. The number of aliphatic carboxylic acids is 2. The van der Waals surface area contributed by atoms with Gasteiger partial charge in [-0.25, -0.2) is 4.79 Å². The second-order valence-corrected chi connectivity index (χ2v) is 5.01. The minimum Gasteiger partial charge on any atom is -0.480 e. The summed E-state index contributed by atoms with van der Waals surface area (Å²) in [5.74, 6) is -2.02. The van der Waals surface area contributed by atoms with Crippen LogP contribution in [0, 0.1) is 0 Å². The molecule has 0 saturated carbocycles. The number of aliphatic hydroxyl groups is 1. The summed E-state index contributed by atoms with van der Waals surface area (Å²) in [6.45, 7) is 0.609. The van der Waals surface area contributed by atoms with E-state index < -0.39 is 24.1 Å². The van der Waals surface area contributed by atoms with Crippen molar-refractivity contribution in [2.45, 2.75) is 30.2 Å². The van der Waals surface area contributed by atoms with Gasteiger partial charge < -0.3 is 20.6 Å². The summed E-state index contributed by atoms with van der Waals surface area (Å²) in [6, 6.07) is -0.562. The largest absolute Gasteiger partial charge is 0.480 e. The van der Waals surface area contributed by atoms with E-state index in [1.165, 1.54) is 11.8 Å². The van der Waals surface area contributed by atoms with Crippen LogP contribution in [0.25, 0.3) is 0 Å². The van der Waals surface area contributed by atoms with Gasteiger partial charge in [-0.3, -0.25) is 4.79 Å². The van der Waals surface area contributed by atoms with Gasteiger partial charge in [0.25, 0.3) is 0 Å². The Morgan fingerprint density at radius 2 is 2.12 bits per heavy atom. The Hall–Kier alpha value is -0.790. The molecule has 3 unspecified atom stereocenters. The van der Waals surface area contributed by atoms with E-state index in [2.05, 4.69) is 5.32 Å². The number of piperidine rings is 1. The van der Waals surface area contributed by atoms with Gasteiger partial charge in [-0.05, 0) is 19.4 Å². The summed E-state index contributed by atoms with van der Waals surface area (Å²) >= 11 is 1.32. The van der Waals surface area contributed by atoms with Crippen molar-refractivity contribution in [3.05, 3.63) is 0 Å². The number of nitrogens with one attached hydrogen (secondary N) is 1. The van der Waals surface area contributed by atoms with Gasteiger partial charge in [0.05, 0.1) is 0 Å². The van der Waals surface area contributed by atoms with Crippen molar-refractivity contribution in [1.29, 1.82) is 0 Å². The summed E-state index contributed by atoms with van der Waals surface area (Å²) in [7, 11) is 0. The molecule has 0 radical (unpaired) electrons. The first kappa shape index (κ1) is 13.3. The second-order valence-electron chi connectivity index (χ2n) is 3.68. The molecule has 1 rings (SSSR count). The topological polar surface area (TPSA) is 107 Å². The van der Waals surface area contributed by atoms with E-state index in [4.69, 9.17) is 15.3 Å². The van der Waals surface area contributed by atoms with Gasteiger partial charge in [-0.1, -0.05) is 0 Å². The van der Waals surface area contributed by atoms with Crippen LogP contribution in [-0.4, -0.2) is 57.0 Å². The van der Waals surface area contributed by atoms with Crippen molar-refractivity contribution in [1.82, 2.24) is 5.32 Å². The first-order valence-corrected chi connectivity index (χ1v) is 6.04. The number of carboxylic acids is 2. The van der Waals surface area contributed by atoms with Gasteiger partial charge in [0.2, 0.25) is 0 Å². The van der Waals surface area contributed by atoms with Gasteiger partial charge in [-0.2, -0.15) is 11.8 Å². The quantitative estimate of drug-likeness (QED) is 0.514. The third-order valence-electron chi connectivity index (χ3n) is 2.43. The lowest BCUT2D eigenvalue weighted by Gasteiger charge is -2.27. The van der Waals surface area contributed by atoms with E-state index in [1.807, 2.05) is 0 Å². The summed E-state index contributed by atoms with van der Waals surface area (Å²) in [6.07, 6.45) is -0.115. The zero-order valence-corrected chi connectivity index (χ0v) is 9.44. The zero-order chi connectivity index (χ0) is 12.1. The maximum atomic E-state index is 10.7. The number of thioether (sulfide) groups is 1. The van der Waals surface area contributed by atoms with E-state index >= 15 is 0 Å². The van der Waals surface area contributed by atoms with Crippen molar-refractivity contribution in [3.63, 3.8) is 0 Å². The molecule has 92 valence electrons. The Balaban J connectivity index is 2.32. The Morgan fingerprint density at radius 1 is 1.44 bits per heavy atom. The number of hydrogen-bond acceptors (Lipinski definition) is 5. The third kappa shape index (κ3) is 3.99. The number of hydrogen-bond donors (Lipinski definition) is 4. The fourth-order valence-corrected chi connectivity index (χ4v) is 2.73. The van der Waals surface area contributed by atoms with Crippen molar-refractivity contribution < 1.29 is 24.9 Å². The minimum atomic E-state index is -1.37. The van der Waals surface area contributed by atoms with Crippen molar-refractivity contribution in [3.8, 4) is 0 Å². The number of carboxylic acid groups (broad SMARTS) is 2. The van der Waals surface area contributed by atoms with Crippen molar-refractivity contribution in [2.24, 2.45) is 0 Å². The molecule has 3 atom stereocenters. The molecular formula is C9H15NO5S. The van der Waals surface area contributed by atoms with Crippen LogP contribution in [0.5, 0.6) is 0 Å². The molecule has 1 heterocycles. The molecule has 0 bridgehead atoms. The highest BCUT2D eigenvalue weighted by atomic mass is 32.2. The molecule has 0 aromatic rings. The summed E-state index contributed by atoms with van der Waals surface area (Å²) in [5.41, 5.74) is 0. The molecule has 7 heteroatoms. The highest BCUT2D eigenvalue weighted by molar-refractivity contribution is 7.99. The molecule has 1 saturated heterocycles. The van der Waals surface area contributed by atoms with Gasteiger partial charge in [0.1, 0.15) is 6.04 Å². The lowest BCUT2D eigenvalue weighted by molar-refractivity contribution is -0.145. The van der Waals surface area contributed by atoms with Crippen molar-refractivity contribution in [2.75, 3.05) is 12.3 Å². The molecule has 16 heavy (non-hydrogen) atoms. The predicted molar refractivity (Wildman–Crippen MR) is 58.5 cm³/mol. The smallest absolute Gasteiger partial charge is 0.333 e. The number of carbonyl (C=O) groups is 2. The molecule has 0 spiro atoms. The molecule has 0 aliphatic carbocycles. The van der Waals surface area contributed by atoms with Gasteiger partial charge in [0, 0.05) is 11.0 Å². The van der Waals surface area contributed by atoms with Crippen molar-refractivity contribution >= 4 is 23.7 Å². The molecule has 1 aliphatic rings. The maximum absolute atomic E-state index is 10.7. The average molecular weight is 249 g/mol. The molecular weight excluding hydrogens is 234 g/mol. The Labute approximate surface area is 97.0 Å². The molecule has 0 aromatic carbocycles. The summed E-state index contributed by atoms with van der Waals surface area (Å²) in [5, 5.41) is 29.3. The average Bonchev–Trinajstić information content (AvgIpc) is 2.26. The lowest BCUT2D eigenvalue weighted by atomic mass is 10.1. The number of rotatable bonds is 5. The summed E-state index contributed by atoms with van der Waals surface area (Å²) in [4.78, 5) is 21.1. The Morgan fingerprint density at radius 3 is 2.69 bits per heavy atom. The monoisotopic (exact) mass is 249 g/mol. The van der Waals surface area contributed by atoms with E-state index in [0.717, 1.165) is 6.42 Å². The molecule has 0 aromatic heterocycles. The van der Waals surface area contributed by atoms with Crippen LogP contribution in [0.2, 0.25) is 0 Å². The van der Waals surface area contributed by atoms with Crippen LogP contribution in [0.15, 0.2) is 0 Å². The normalized spacial score (nSPS) is 27.3. The molecule has 4 N–H and O–H groups in total. The zero-order valence-electron chi connectivity index (χ0n) is 8.63. The number of aliphatic hydroxyl groups excluding tert-OH is 1. The standard InChI is InChI=1S/C9H15NO5S/c11-7(9(14)15)4-16-5-1-2-10-6(3-5)8(12)13/h5-7,10-11H,1-4H2,(H,12,13)(H,14,15). The molecule has 1 fully saturated rings. The van der Waals surface area contributed by atoms with Crippen LogP contribution in [-0.2, 0) is 9.59 Å². The second kappa shape index (κ2) is 6.07. The first-order chi connectivity index (χ1) is 7.50. The van der Waals surface area contributed by atoms with E-state index in [0.29, 0.717) is 13.0 Å². The van der Waals surface area contributed by atoms with E-state index in [9.17, 15) is 9.59 Å². The van der Waals surface area contributed by atoms with Gasteiger partial charge >= 0.3 is 11.9 Å². The van der Waals surface area contributed by atoms with Crippen LogP contribution in [0.4, 0.5) is 0 Å². The molecule has 6 nitrogen and oxygen atoms in total.